The SMILES string of the molecule is Cc1ccc(NN2C(=O)C3CC4C(=CCC5C(=O)N(c6ccc(I)cc6)C(=O)C54)C(c4cc(OC(F)(F)F)ccc4O)C3(c3ccccc3)C2=O)cc1. The molecular weight excluding hydrogens is 802 g/mol. The van der Waals surface area contributed by atoms with Crippen LogP contribution in [0.4, 0.5) is 24.5 Å². The lowest BCUT2D eigenvalue weighted by atomic mass is 9.49. The summed E-state index contributed by atoms with van der Waals surface area (Å²) in [6, 6.07) is 25.5. The molecule has 9 nitrogen and oxygen atoms in total. The van der Waals surface area contributed by atoms with Gasteiger partial charge in [-0.15, -0.1) is 13.2 Å². The molecule has 3 fully saturated rings. The molecule has 0 spiro atoms. The van der Waals surface area contributed by atoms with Crippen molar-refractivity contribution in [3.63, 3.8) is 0 Å². The summed E-state index contributed by atoms with van der Waals surface area (Å²) in [6.07, 6.45) is -3.22. The van der Waals surface area contributed by atoms with Crippen molar-refractivity contribution in [2.24, 2.45) is 23.7 Å². The summed E-state index contributed by atoms with van der Waals surface area (Å²) in [5.74, 6) is -8.12. The summed E-state index contributed by atoms with van der Waals surface area (Å²) in [4.78, 5) is 59.6. The van der Waals surface area contributed by atoms with Crippen LogP contribution < -0.4 is 15.1 Å². The molecule has 2 aliphatic heterocycles. The van der Waals surface area contributed by atoms with Crippen molar-refractivity contribution in [3.05, 3.63) is 129 Å². The van der Waals surface area contributed by atoms with Gasteiger partial charge in [0, 0.05) is 15.1 Å². The number of hydrogen-bond donors (Lipinski definition) is 2. The molecular formula is C40H31F3IN3O6. The zero-order valence-corrected chi connectivity index (χ0v) is 30.2. The van der Waals surface area contributed by atoms with Crippen LogP contribution in [0.25, 0.3) is 0 Å². The van der Waals surface area contributed by atoms with Gasteiger partial charge in [0.15, 0.2) is 0 Å². The number of nitrogens with one attached hydrogen (secondary N) is 1. The molecule has 6 unspecified atom stereocenters. The van der Waals surface area contributed by atoms with Gasteiger partial charge in [-0.3, -0.25) is 29.5 Å². The fourth-order valence-electron chi connectivity index (χ4n) is 8.90. The number of ether oxygens (including phenoxy) is 1. The summed E-state index contributed by atoms with van der Waals surface area (Å²) in [6.45, 7) is 1.89. The molecule has 8 rings (SSSR count). The van der Waals surface area contributed by atoms with E-state index in [2.05, 4.69) is 32.8 Å². The van der Waals surface area contributed by atoms with Crippen LogP contribution in [-0.2, 0) is 24.6 Å². The lowest BCUT2D eigenvalue weighted by Crippen LogP contribution is -2.53. The molecule has 1 saturated carbocycles. The molecule has 2 N–H and O–H groups in total. The molecule has 4 amide bonds. The number of alkyl halides is 3. The number of hydrazine groups is 1. The normalized spacial score (nSPS) is 26.6. The highest BCUT2D eigenvalue weighted by Gasteiger charge is 2.70. The van der Waals surface area contributed by atoms with Crippen LogP contribution in [0.2, 0.25) is 0 Å². The first-order chi connectivity index (χ1) is 25.3. The molecule has 2 aliphatic carbocycles. The maximum Gasteiger partial charge on any atom is 0.573 e. The van der Waals surface area contributed by atoms with Gasteiger partial charge in [-0.2, -0.15) is 5.01 Å². The molecule has 2 heterocycles. The van der Waals surface area contributed by atoms with Crippen molar-refractivity contribution >= 4 is 57.6 Å². The number of halogens is 4. The maximum atomic E-state index is 15.2. The van der Waals surface area contributed by atoms with E-state index in [-0.39, 0.29) is 18.4 Å². The van der Waals surface area contributed by atoms with Crippen LogP contribution in [0.3, 0.4) is 0 Å². The Hall–Kier alpha value is -5.18. The Balaban J connectivity index is 1.34. The van der Waals surface area contributed by atoms with Gasteiger partial charge in [-0.1, -0.05) is 59.7 Å². The molecule has 6 atom stereocenters. The average Bonchev–Trinajstić information content (AvgIpc) is 3.51. The van der Waals surface area contributed by atoms with E-state index < -0.39 is 76.5 Å². The number of imide groups is 2. The lowest BCUT2D eigenvalue weighted by molar-refractivity contribution is -0.274. The quantitative estimate of drug-likeness (QED) is 0.118. The largest absolute Gasteiger partial charge is 0.573 e. The molecule has 270 valence electrons. The Labute approximate surface area is 315 Å². The number of aromatic hydroxyl groups is 1. The van der Waals surface area contributed by atoms with E-state index >= 15 is 4.79 Å². The van der Waals surface area contributed by atoms with Crippen molar-refractivity contribution in [3.8, 4) is 11.5 Å². The fraction of sp³-hybridized carbons (Fsp3) is 0.250. The Morgan fingerprint density at radius 3 is 2.25 bits per heavy atom. The number of amides is 4. The third-order valence-corrected chi connectivity index (χ3v) is 11.7. The van der Waals surface area contributed by atoms with Crippen LogP contribution in [0, 0.1) is 34.2 Å². The molecule has 2 saturated heterocycles. The zero-order valence-electron chi connectivity index (χ0n) is 28.0. The minimum atomic E-state index is -5.07. The van der Waals surface area contributed by atoms with E-state index in [9.17, 15) is 32.7 Å². The number of phenolic OH excluding ortho intramolecular Hbond substituents is 1. The number of aryl methyl sites for hydroxylation is 1. The van der Waals surface area contributed by atoms with Crippen molar-refractivity contribution < 1.29 is 42.2 Å². The van der Waals surface area contributed by atoms with Crippen LogP contribution >= 0.6 is 22.6 Å². The minimum absolute atomic E-state index is 0.0197. The topological polar surface area (TPSA) is 116 Å². The zero-order chi connectivity index (χ0) is 37.4. The first kappa shape index (κ1) is 34.9. The summed E-state index contributed by atoms with van der Waals surface area (Å²) >= 11 is 2.12. The molecule has 13 heteroatoms. The van der Waals surface area contributed by atoms with Crippen LogP contribution in [-0.4, -0.2) is 40.1 Å². The van der Waals surface area contributed by atoms with Gasteiger partial charge < -0.3 is 9.84 Å². The summed E-state index contributed by atoms with van der Waals surface area (Å²) < 4.78 is 45.9. The van der Waals surface area contributed by atoms with E-state index in [0.29, 0.717) is 22.5 Å². The number of anilines is 2. The highest BCUT2D eigenvalue weighted by molar-refractivity contribution is 14.1. The van der Waals surface area contributed by atoms with Gasteiger partial charge in [0.05, 0.1) is 34.5 Å². The standard InChI is InChI=1S/C40H31F3IN3O6/c1-21-7-11-24(12-8-21)45-47-36(50)31-20-29-27(16-17-28-33(29)37(51)46(35(28)49)25-13-9-23(44)10-14-25)34(39(31,38(47)52)22-5-3-2-4-6-22)30-19-26(15-18-32(30)48)53-40(41,42)43/h2-16,18-19,28-29,31,33-34,45,48H,17,20H2,1H3. The Morgan fingerprint density at radius 1 is 0.868 bits per heavy atom. The summed E-state index contributed by atoms with van der Waals surface area (Å²) in [5.41, 5.74) is 3.77. The second-order valence-electron chi connectivity index (χ2n) is 13.8. The van der Waals surface area contributed by atoms with Crippen LogP contribution in [0.5, 0.6) is 11.5 Å². The second-order valence-corrected chi connectivity index (χ2v) is 15.1. The average molecular weight is 834 g/mol. The van der Waals surface area contributed by atoms with Gasteiger partial charge in [0.1, 0.15) is 11.5 Å². The van der Waals surface area contributed by atoms with Crippen molar-refractivity contribution in [2.75, 3.05) is 10.3 Å². The Bertz CT molecular complexity index is 2190. The molecule has 0 bridgehead atoms. The number of fused-ring (bicyclic) bond motifs is 4. The first-order valence-electron chi connectivity index (χ1n) is 17.0. The fourth-order valence-corrected chi connectivity index (χ4v) is 9.26. The van der Waals surface area contributed by atoms with E-state index in [4.69, 9.17) is 0 Å². The van der Waals surface area contributed by atoms with Crippen molar-refractivity contribution in [1.29, 1.82) is 0 Å². The molecule has 0 radical (unpaired) electrons. The van der Waals surface area contributed by atoms with E-state index in [1.807, 2.05) is 19.1 Å². The number of carbonyl (C=O) groups is 4. The van der Waals surface area contributed by atoms with Crippen molar-refractivity contribution in [2.45, 2.75) is 37.5 Å². The number of carbonyl (C=O) groups excluding carboxylic acids is 4. The van der Waals surface area contributed by atoms with E-state index in [1.54, 1.807) is 72.8 Å². The van der Waals surface area contributed by atoms with E-state index in [1.165, 1.54) is 4.90 Å². The highest BCUT2D eigenvalue weighted by atomic mass is 127. The van der Waals surface area contributed by atoms with Gasteiger partial charge >= 0.3 is 6.36 Å². The first-order valence-corrected chi connectivity index (χ1v) is 18.1. The number of nitrogens with zero attached hydrogens (tertiary/aromatic N) is 2. The number of hydrogen-bond acceptors (Lipinski definition) is 7. The molecule has 0 aromatic heterocycles. The summed E-state index contributed by atoms with van der Waals surface area (Å²) in [5, 5.41) is 12.5. The van der Waals surface area contributed by atoms with Gasteiger partial charge in [0.2, 0.25) is 11.8 Å². The van der Waals surface area contributed by atoms with E-state index in [0.717, 1.165) is 32.3 Å². The Morgan fingerprint density at radius 2 is 1.57 bits per heavy atom. The predicted octanol–water partition coefficient (Wildman–Crippen LogP) is 7.39. The van der Waals surface area contributed by atoms with Crippen LogP contribution in [0.15, 0.2) is 109 Å². The number of benzene rings is 4. The molecule has 53 heavy (non-hydrogen) atoms. The smallest absolute Gasteiger partial charge is 0.508 e. The van der Waals surface area contributed by atoms with Gasteiger partial charge in [0.25, 0.3) is 11.8 Å². The summed E-state index contributed by atoms with van der Waals surface area (Å²) in [7, 11) is 0. The van der Waals surface area contributed by atoms with Crippen LogP contribution in [0.1, 0.15) is 35.4 Å². The number of phenols is 1. The Kier molecular flexibility index (Phi) is 8.39. The third-order valence-electron chi connectivity index (χ3n) is 11.0. The third kappa shape index (κ3) is 5.58. The van der Waals surface area contributed by atoms with Gasteiger partial charge in [-0.05, 0) is 108 Å². The maximum absolute atomic E-state index is 15.2. The lowest BCUT2D eigenvalue weighted by Gasteiger charge is -2.50. The van der Waals surface area contributed by atoms with Crippen molar-refractivity contribution in [1.82, 2.24) is 5.01 Å². The minimum Gasteiger partial charge on any atom is -0.508 e. The number of allylic oxidation sites excluding steroid dienone is 2. The van der Waals surface area contributed by atoms with Gasteiger partial charge in [-0.25, -0.2) is 0 Å². The highest BCUT2D eigenvalue weighted by Crippen LogP contribution is 2.65. The molecule has 4 aromatic carbocycles. The number of rotatable bonds is 6. The monoisotopic (exact) mass is 833 g/mol. The molecule has 4 aromatic rings. The second kappa shape index (κ2) is 12.7. The molecule has 4 aliphatic rings. The predicted molar refractivity (Wildman–Crippen MR) is 195 cm³/mol.